The standard InChI is InChI=1S/C8H16O7/c9-3-4(10)5(11)6(12)7(13)8-14-1-2-15-8/h4-13H,1-3H2/t4-,5-,6+,7+/m1/s1. The van der Waals surface area contributed by atoms with Gasteiger partial charge in [0, 0.05) is 0 Å². The van der Waals surface area contributed by atoms with Crippen LogP contribution < -0.4 is 0 Å². The van der Waals surface area contributed by atoms with Crippen LogP contribution in [0.2, 0.25) is 0 Å². The van der Waals surface area contributed by atoms with Crippen molar-refractivity contribution >= 4 is 0 Å². The van der Waals surface area contributed by atoms with Gasteiger partial charge in [0.05, 0.1) is 19.8 Å². The van der Waals surface area contributed by atoms with Gasteiger partial charge in [0.1, 0.15) is 24.4 Å². The molecule has 0 bridgehead atoms. The van der Waals surface area contributed by atoms with Gasteiger partial charge in [-0.25, -0.2) is 0 Å². The lowest BCUT2D eigenvalue weighted by Crippen LogP contribution is -2.50. The molecule has 7 nitrogen and oxygen atoms in total. The maximum absolute atomic E-state index is 9.48. The maximum atomic E-state index is 9.48. The summed E-state index contributed by atoms with van der Waals surface area (Å²) < 4.78 is 9.82. The molecule has 7 heteroatoms. The number of aliphatic hydroxyl groups excluding tert-OH is 5. The molecule has 0 aromatic heterocycles. The molecule has 0 spiro atoms. The first-order chi connectivity index (χ1) is 7.07. The largest absolute Gasteiger partial charge is 0.394 e. The molecule has 1 aliphatic heterocycles. The third kappa shape index (κ3) is 3.08. The van der Waals surface area contributed by atoms with Crippen LogP contribution in [0.3, 0.4) is 0 Å². The van der Waals surface area contributed by atoms with Crippen LogP contribution in [0.5, 0.6) is 0 Å². The molecule has 90 valence electrons. The van der Waals surface area contributed by atoms with E-state index in [2.05, 4.69) is 0 Å². The number of ether oxygens (including phenoxy) is 2. The van der Waals surface area contributed by atoms with E-state index in [9.17, 15) is 15.3 Å². The predicted molar refractivity (Wildman–Crippen MR) is 46.8 cm³/mol. The molecule has 1 aliphatic rings. The fourth-order valence-electron chi connectivity index (χ4n) is 1.27. The first-order valence-corrected chi connectivity index (χ1v) is 4.64. The van der Waals surface area contributed by atoms with Crippen LogP contribution in [-0.2, 0) is 9.47 Å². The van der Waals surface area contributed by atoms with Crippen LogP contribution >= 0.6 is 0 Å². The van der Waals surface area contributed by atoms with Crippen LogP contribution in [0, 0.1) is 0 Å². The van der Waals surface area contributed by atoms with Gasteiger partial charge in [-0.15, -0.1) is 0 Å². The minimum Gasteiger partial charge on any atom is -0.394 e. The molecular formula is C8H16O7. The molecule has 1 fully saturated rings. The van der Waals surface area contributed by atoms with E-state index < -0.39 is 37.3 Å². The van der Waals surface area contributed by atoms with Gasteiger partial charge >= 0.3 is 0 Å². The van der Waals surface area contributed by atoms with Gasteiger partial charge in [0.25, 0.3) is 0 Å². The molecule has 5 N–H and O–H groups in total. The molecule has 0 unspecified atom stereocenters. The van der Waals surface area contributed by atoms with E-state index in [0.717, 1.165) is 0 Å². The van der Waals surface area contributed by atoms with E-state index in [1.54, 1.807) is 0 Å². The summed E-state index contributed by atoms with van der Waals surface area (Å²) in [7, 11) is 0. The minimum absolute atomic E-state index is 0.299. The summed E-state index contributed by atoms with van der Waals surface area (Å²) in [5.41, 5.74) is 0. The Labute approximate surface area is 86.5 Å². The highest BCUT2D eigenvalue weighted by atomic mass is 16.7. The van der Waals surface area contributed by atoms with Gasteiger partial charge in [-0.2, -0.15) is 0 Å². The van der Waals surface area contributed by atoms with Crippen molar-refractivity contribution in [1.82, 2.24) is 0 Å². The summed E-state index contributed by atoms with van der Waals surface area (Å²) in [5, 5.41) is 45.8. The second kappa shape index (κ2) is 5.71. The lowest BCUT2D eigenvalue weighted by atomic mass is 10.0. The van der Waals surface area contributed by atoms with Crippen LogP contribution in [0.15, 0.2) is 0 Å². The Morgan fingerprint density at radius 2 is 1.53 bits per heavy atom. The van der Waals surface area contributed by atoms with Crippen molar-refractivity contribution in [2.24, 2.45) is 0 Å². The lowest BCUT2D eigenvalue weighted by molar-refractivity contribution is -0.188. The highest BCUT2D eigenvalue weighted by molar-refractivity contribution is 4.83. The molecule has 0 amide bonds. The van der Waals surface area contributed by atoms with E-state index in [0.29, 0.717) is 13.2 Å². The molecule has 15 heavy (non-hydrogen) atoms. The van der Waals surface area contributed by atoms with Gasteiger partial charge in [0.2, 0.25) is 0 Å². The molecule has 0 aliphatic carbocycles. The third-order valence-electron chi connectivity index (χ3n) is 2.21. The highest BCUT2D eigenvalue weighted by Crippen LogP contribution is 2.15. The number of rotatable bonds is 5. The zero-order chi connectivity index (χ0) is 11.4. The first-order valence-electron chi connectivity index (χ1n) is 4.64. The Balaban J connectivity index is 2.46. The zero-order valence-electron chi connectivity index (χ0n) is 8.06. The molecule has 1 heterocycles. The average molecular weight is 224 g/mol. The van der Waals surface area contributed by atoms with E-state index in [1.807, 2.05) is 0 Å². The van der Waals surface area contributed by atoms with Gasteiger partial charge in [0.15, 0.2) is 6.29 Å². The van der Waals surface area contributed by atoms with Crippen LogP contribution in [0.1, 0.15) is 0 Å². The maximum Gasteiger partial charge on any atom is 0.186 e. The second-order valence-corrected chi connectivity index (χ2v) is 3.33. The van der Waals surface area contributed by atoms with E-state index in [4.69, 9.17) is 19.7 Å². The van der Waals surface area contributed by atoms with Crippen LogP contribution in [0.25, 0.3) is 0 Å². The molecule has 0 aromatic carbocycles. The van der Waals surface area contributed by atoms with Crippen molar-refractivity contribution in [2.45, 2.75) is 30.7 Å². The first kappa shape index (κ1) is 12.8. The Hall–Kier alpha value is -0.280. The monoisotopic (exact) mass is 224 g/mol. The average Bonchev–Trinajstić information content (AvgIpc) is 2.78. The number of hydrogen-bond acceptors (Lipinski definition) is 7. The van der Waals surface area contributed by atoms with Gasteiger partial charge in [-0.3, -0.25) is 0 Å². The number of hydrogen-bond donors (Lipinski definition) is 5. The molecule has 1 saturated heterocycles. The van der Waals surface area contributed by atoms with Gasteiger partial charge in [-0.1, -0.05) is 0 Å². The molecule has 4 atom stereocenters. The third-order valence-corrected chi connectivity index (χ3v) is 2.21. The zero-order valence-corrected chi connectivity index (χ0v) is 8.06. The highest BCUT2D eigenvalue weighted by Gasteiger charge is 2.37. The molecule has 0 aromatic rings. The predicted octanol–water partition coefficient (Wildman–Crippen LogP) is -3.20. The molecular weight excluding hydrogens is 208 g/mol. The summed E-state index contributed by atoms with van der Waals surface area (Å²) >= 11 is 0. The lowest BCUT2D eigenvalue weighted by Gasteiger charge is -2.27. The normalized spacial score (nSPS) is 26.2. The summed E-state index contributed by atoms with van der Waals surface area (Å²) in [6.07, 6.45) is -7.30. The van der Waals surface area contributed by atoms with Crippen molar-refractivity contribution < 1.29 is 35.0 Å². The minimum atomic E-state index is -1.65. The van der Waals surface area contributed by atoms with Crippen molar-refractivity contribution in [2.75, 3.05) is 19.8 Å². The Morgan fingerprint density at radius 1 is 1.00 bits per heavy atom. The van der Waals surface area contributed by atoms with E-state index >= 15 is 0 Å². The van der Waals surface area contributed by atoms with Crippen molar-refractivity contribution in [3.05, 3.63) is 0 Å². The van der Waals surface area contributed by atoms with Gasteiger partial charge in [-0.05, 0) is 0 Å². The van der Waals surface area contributed by atoms with Crippen molar-refractivity contribution in [1.29, 1.82) is 0 Å². The second-order valence-electron chi connectivity index (χ2n) is 3.33. The summed E-state index contributed by atoms with van der Waals surface area (Å²) in [6, 6.07) is 0. The number of aliphatic hydroxyl groups is 5. The van der Waals surface area contributed by atoms with Crippen LogP contribution in [0.4, 0.5) is 0 Å². The quantitative estimate of drug-likeness (QED) is 0.333. The van der Waals surface area contributed by atoms with E-state index in [1.165, 1.54) is 0 Å². The Bertz CT molecular complexity index is 182. The Morgan fingerprint density at radius 3 is 2.00 bits per heavy atom. The fourth-order valence-corrected chi connectivity index (χ4v) is 1.27. The van der Waals surface area contributed by atoms with Gasteiger partial charge < -0.3 is 35.0 Å². The van der Waals surface area contributed by atoms with Crippen LogP contribution in [-0.4, -0.2) is 76.1 Å². The smallest absolute Gasteiger partial charge is 0.186 e. The SMILES string of the molecule is OC[C@@H](O)[C@@H](O)[C@H](O)[C@H](O)C1OCCO1. The van der Waals surface area contributed by atoms with Crippen molar-refractivity contribution in [3.63, 3.8) is 0 Å². The summed E-state index contributed by atoms with van der Waals surface area (Å²) in [6.45, 7) is -0.114. The summed E-state index contributed by atoms with van der Waals surface area (Å²) in [5.74, 6) is 0. The molecule has 0 saturated carbocycles. The van der Waals surface area contributed by atoms with E-state index in [-0.39, 0.29) is 0 Å². The summed E-state index contributed by atoms with van der Waals surface area (Å²) in [4.78, 5) is 0. The molecule has 0 radical (unpaired) electrons. The Kier molecular flexibility index (Phi) is 4.87. The fraction of sp³-hybridized carbons (Fsp3) is 1.00. The van der Waals surface area contributed by atoms with Crippen molar-refractivity contribution in [3.8, 4) is 0 Å². The topological polar surface area (TPSA) is 120 Å². The molecule has 1 rings (SSSR count).